The van der Waals surface area contributed by atoms with Gasteiger partial charge in [0.1, 0.15) is 0 Å². The van der Waals surface area contributed by atoms with Gasteiger partial charge in [0.25, 0.3) is 5.91 Å². The molecule has 0 radical (unpaired) electrons. The van der Waals surface area contributed by atoms with Gasteiger partial charge in [0.15, 0.2) is 0 Å². The lowest BCUT2D eigenvalue weighted by Crippen LogP contribution is -2.32. The van der Waals surface area contributed by atoms with Gasteiger partial charge in [0.05, 0.1) is 5.92 Å². The SMILES string of the molecule is Cc1cc(C(=O)NC2CCCC2)ccc1NC(=O)C1CCNC1. The van der Waals surface area contributed by atoms with Crippen LogP contribution in [0.5, 0.6) is 0 Å². The second kappa shape index (κ2) is 7.13. The Kier molecular flexibility index (Phi) is 4.96. The van der Waals surface area contributed by atoms with Gasteiger partial charge >= 0.3 is 0 Å². The van der Waals surface area contributed by atoms with E-state index in [1.807, 2.05) is 19.1 Å². The normalized spacial score (nSPS) is 21.3. The second-order valence-electron chi connectivity index (χ2n) is 6.66. The summed E-state index contributed by atoms with van der Waals surface area (Å²) >= 11 is 0. The minimum atomic E-state index is -0.0159. The van der Waals surface area contributed by atoms with Gasteiger partial charge in [-0.05, 0) is 56.5 Å². The molecule has 2 fully saturated rings. The Labute approximate surface area is 137 Å². The van der Waals surface area contributed by atoms with Crippen LogP contribution in [0.25, 0.3) is 0 Å². The van der Waals surface area contributed by atoms with E-state index in [1.165, 1.54) is 12.8 Å². The van der Waals surface area contributed by atoms with Crippen LogP contribution >= 0.6 is 0 Å². The van der Waals surface area contributed by atoms with Gasteiger partial charge in [-0.25, -0.2) is 0 Å². The van der Waals surface area contributed by atoms with Crippen LogP contribution in [-0.2, 0) is 4.79 Å². The summed E-state index contributed by atoms with van der Waals surface area (Å²) in [5.41, 5.74) is 2.37. The summed E-state index contributed by atoms with van der Waals surface area (Å²) < 4.78 is 0. The maximum atomic E-state index is 12.3. The summed E-state index contributed by atoms with van der Waals surface area (Å²) in [7, 11) is 0. The maximum absolute atomic E-state index is 12.3. The summed E-state index contributed by atoms with van der Waals surface area (Å²) in [6.45, 7) is 3.57. The van der Waals surface area contributed by atoms with E-state index >= 15 is 0 Å². The number of hydrogen-bond acceptors (Lipinski definition) is 3. The monoisotopic (exact) mass is 315 g/mol. The smallest absolute Gasteiger partial charge is 0.251 e. The molecule has 1 aliphatic carbocycles. The minimum absolute atomic E-state index is 0.0159. The molecule has 1 aromatic rings. The van der Waals surface area contributed by atoms with Crippen molar-refractivity contribution in [3.8, 4) is 0 Å². The molecular weight excluding hydrogens is 290 g/mol. The van der Waals surface area contributed by atoms with Crippen molar-refractivity contribution in [2.75, 3.05) is 18.4 Å². The number of amides is 2. The predicted molar refractivity (Wildman–Crippen MR) is 90.5 cm³/mol. The molecular formula is C18H25N3O2. The Hall–Kier alpha value is -1.88. The van der Waals surface area contributed by atoms with Gasteiger partial charge in [-0.1, -0.05) is 12.8 Å². The standard InChI is InChI=1S/C18H25N3O2/c1-12-10-13(17(22)20-15-4-2-3-5-15)6-7-16(12)21-18(23)14-8-9-19-11-14/h6-7,10,14-15,19H,2-5,8-9,11H2,1H3,(H,20,22)(H,21,23). The largest absolute Gasteiger partial charge is 0.349 e. The summed E-state index contributed by atoms with van der Waals surface area (Å²) in [5.74, 6) is 0.0823. The highest BCUT2D eigenvalue weighted by atomic mass is 16.2. The summed E-state index contributed by atoms with van der Waals surface area (Å²) in [4.78, 5) is 24.5. The Morgan fingerprint density at radius 2 is 1.96 bits per heavy atom. The molecule has 1 aromatic carbocycles. The number of aryl methyl sites for hydroxylation is 1. The first kappa shape index (κ1) is 16.0. The van der Waals surface area contributed by atoms with Crippen LogP contribution < -0.4 is 16.0 Å². The molecule has 0 spiro atoms. The molecule has 2 aliphatic rings. The van der Waals surface area contributed by atoms with E-state index in [0.29, 0.717) is 11.6 Å². The fraction of sp³-hybridized carbons (Fsp3) is 0.556. The van der Waals surface area contributed by atoms with Crippen LogP contribution in [0.3, 0.4) is 0 Å². The summed E-state index contributed by atoms with van der Waals surface area (Å²) in [6, 6.07) is 5.79. The van der Waals surface area contributed by atoms with Crippen molar-refractivity contribution in [1.82, 2.24) is 10.6 Å². The van der Waals surface area contributed by atoms with E-state index < -0.39 is 0 Å². The quantitative estimate of drug-likeness (QED) is 0.798. The van der Waals surface area contributed by atoms with Crippen LogP contribution in [0, 0.1) is 12.8 Å². The van der Waals surface area contributed by atoms with E-state index in [4.69, 9.17) is 0 Å². The van der Waals surface area contributed by atoms with E-state index in [9.17, 15) is 9.59 Å². The zero-order chi connectivity index (χ0) is 16.2. The lowest BCUT2D eigenvalue weighted by Gasteiger charge is -2.15. The molecule has 5 heteroatoms. The number of hydrogen-bond donors (Lipinski definition) is 3. The average Bonchev–Trinajstić information content (AvgIpc) is 3.22. The predicted octanol–water partition coefficient (Wildman–Crippen LogP) is 2.22. The number of benzene rings is 1. The van der Waals surface area contributed by atoms with Gasteiger partial charge < -0.3 is 16.0 Å². The third-order valence-corrected chi connectivity index (χ3v) is 4.87. The van der Waals surface area contributed by atoms with Crippen molar-refractivity contribution in [2.45, 2.75) is 45.1 Å². The highest BCUT2D eigenvalue weighted by Crippen LogP contribution is 2.21. The van der Waals surface area contributed by atoms with E-state index in [2.05, 4.69) is 16.0 Å². The van der Waals surface area contributed by atoms with Crippen LogP contribution in [0.15, 0.2) is 18.2 Å². The molecule has 1 heterocycles. The van der Waals surface area contributed by atoms with Gasteiger partial charge in [-0.2, -0.15) is 0 Å². The molecule has 23 heavy (non-hydrogen) atoms. The van der Waals surface area contributed by atoms with Crippen molar-refractivity contribution < 1.29 is 9.59 Å². The van der Waals surface area contributed by atoms with Gasteiger partial charge in [0.2, 0.25) is 5.91 Å². The number of anilines is 1. The van der Waals surface area contributed by atoms with Crippen LogP contribution in [0.4, 0.5) is 5.69 Å². The first-order valence-corrected chi connectivity index (χ1v) is 8.56. The number of rotatable bonds is 4. The molecule has 0 aromatic heterocycles. The fourth-order valence-corrected chi connectivity index (χ4v) is 3.40. The van der Waals surface area contributed by atoms with Crippen LogP contribution in [0.1, 0.15) is 48.0 Å². The average molecular weight is 315 g/mol. The molecule has 3 N–H and O–H groups in total. The Morgan fingerprint density at radius 1 is 1.17 bits per heavy atom. The first-order chi connectivity index (χ1) is 11.1. The lowest BCUT2D eigenvalue weighted by atomic mass is 10.1. The molecule has 1 atom stereocenters. The van der Waals surface area contributed by atoms with E-state index in [-0.39, 0.29) is 17.7 Å². The second-order valence-corrected chi connectivity index (χ2v) is 6.66. The molecule has 2 amide bonds. The Bertz CT molecular complexity index is 588. The van der Waals surface area contributed by atoms with Crippen molar-refractivity contribution >= 4 is 17.5 Å². The molecule has 1 saturated carbocycles. The van der Waals surface area contributed by atoms with Crippen molar-refractivity contribution in [2.24, 2.45) is 5.92 Å². The topological polar surface area (TPSA) is 70.2 Å². The fourth-order valence-electron chi connectivity index (χ4n) is 3.40. The highest BCUT2D eigenvalue weighted by Gasteiger charge is 2.23. The molecule has 5 nitrogen and oxygen atoms in total. The number of nitrogens with one attached hydrogen (secondary N) is 3. The van der Waals surface area contributed by atoms with Gasteiger partial charge in [-0.15, -0.1) is 0 Å². The summed E-state index contributed by atoms with van der Waals surface area (Å²) in [5, 5.41) is 9.27. The van der Waals surface area contributed by atoms with E-state index in [0.717, 1.165) is 43.6 Å². The van der Waals surface area contributed by atoms with Crippen molar-refractivity contribution in [3.05, 3.63) is 29.3 Å². The van der Waals surface area contributed by atoms with Gasteiger partial charge in [-0.3, -0.25) is 9.59 Å². The third kappa shape index (κ3) is 3.91. The Morgan fingerprint density at radius 3 is 2.61 bits per heavy atom. The van der Waals surface area contributed by atoms with Crippen molar-refractivity contribution in [1.29, 1.82) is 0 Å². The molecule has 1 aliphatic heterocycles. The zero-order valence-corrected chi connectivity index (χ0v) is 13.7. The number of carbonyl (C=O) groups excluding carboxylic acids is 2. The number of carbonyl (C=O) groups is 2. The lowest BCUT2D eigenvalue weighted by molar-refractivity contribution is -0.119. The molecule has 3 rings (SSSR count). The zero-order valence-electron chi connectivity index (χ0n) is 13.7. The van der Waals surface area contributed by atoms with Crippen molar-refractivity contribution in [3.63, 3.8) is 0 Å². The molecule has 1 saturated heterocycles. The molecule has 0 bridgehead atoms. The van der Waals surface area contributed by atoms with Crippen LogP contribution in [-0.4, -0.2) is 30.9 Å². The molecule has 124 valence electrons. The molecule has 1 unspecified atom stereocenters. The first-order valence-electron chi connectivity index (χ1n) is 8.56. The van der Waals surface area contributed by atoms with Crippen LogP contribution in [0.2, 0.25) is 0 Å². The maximum Gasteiger partial charge on any atom is 0.251 e. The highest BCUT2D eigenvalue weighted by molar-refractivity contribution is 5.97. The Balaban J connectivity index is 1.62. The third-order valence-electron chi connectivity index (χ3n) is 4.87. The minimum Gasteiger partial charge on any atom is -0.349 e. The van der Waals surface area contributed by atoms with Gasteiger partial charge in [0, 0.05) is 23.8 Å². The van der Waals surface area contributed by atoms with E-state index in [1.54, 1.807) is 6.07 Å². The summed E-state index contributed by atoms with van der Waals surface area (Å²) in [6.07, 6.45) is 5.44.